The Hall–Kier alpha value is -1.82. The lowest BCUT2D eigenvalue weighted by molar-refractivity contribution is -0.127. The Morgan fingerprint density at radius 3 is 2.94 bits per heavy atom. The molecule has 1 heterocycles. The maximum atomic E-state index is 11.6. The van der Waals surface area contributed by atoms with Crippen molar-refractivity contribution < 1.29 is 19.1 Å². The number of carbonyl (C=O) groups is 1. The van der Waals surface area contributed by atoms with Gasteiger partial charge in [0.1, 0.15) is 18.6 Å². The van der Waals surface area contributed by atoms with E-state index in [1.54, 1.807) is 6.92 Å². The molecule has 1 aromatic heterocycles. The summed E-state index contributed by atoms with van der Waals surface area (Å²) in [5.41, 5.74) is -0.420. The third-order valence-electron chi connectivity index (χ3n) is 2.60. The second kappa shape index (κ2) is 5.22. The topological polar surface area (TPSA) is 88.8 Å². The Kier molecular flexibility index (Phi) is 3.66. The Balaban J connectivity index is 1.99. The average molecular weight is 253 g/mol. The first-order chi connectivity index (χ1) is 8.60. The Morgan fingerprint density at radius 2 is 2.39 bits per heavy atom. The van der Waals surface area contributed by atoms with Crippen LogP contribution in [0.15, 0.2) is 21.5 Å². The summed E-state index contributed by atoms with van der Waals surface area (Å²) in [7, 11) is 0. The maximum Gasteiger partial charge on any atom is 0.261 e. The van der Waals surface area contributed by atoms with Crippen molar-refractivity contribution in [3.8, 4) is 5.75 Å². The summed E-state index contributed by atoms with van der Waals surface area (Å²) in [5, 5.41) is 11.6. The summed E-state index contributed by atoms with van der Waals surface area (Å²) in [6.07, 6.45) is 2.33. The zero-order valence-corrected chi connectivity index (χ0v) is 10.0. The Labute approximate surface area is 104 Å². The van der Waals surface area contributed by atoms with Crippen molar-refractivity contribution in [2.24, 2.45) is 0 Å². The van der Waals surface area contributed by atoms with Crippen molar-refractivity contribution in [1.29, 1.82) is 0 Å². The molecule has 0 radical (unpaired) electrons. The van der Waals surface area contributed by atoms with E-state index in [0.717, 1.165) is 25.2 Å². The predicted octanol–water partition coefficient (Wildman–Crippen LogP) is 0.178. The monoisotopic (exact) mass is 253 g/mol. The molecule has 1 saturated carbocycles. The van der Waals surface area contributed by atoms with Crippen LogP contribution < -0.4 is 15.5 Å². The number of ether oxygens (including phenoxy) is 1. The fourth-order valence-corrected chi connectivity index (χ4v) is 1.40. The quantitative estimate of drug-likeness (QED) is 0.781. The highest BCUT2D eigenvalue weighted by Gasteiger charge is 2.26. The van der Waals surface area contributed by atoms with Crippen LogP contribution in [0.1, 0.15) is 25.5 Å². The van der Waals surface area contributed by atoms with Crippen LogP contribution in [-0.4, -0.2) is 23.2 Å². The van der Waals surface area contributed by atoms with Crippen molar-refractivity contribution in [1.82, 2.24) is 5.32 Å². The minimum atomic E-state index is -0.756. The average Bonchev–Trinajstić information content (AvgIpc) is 3.15. The van der Waals surface area contributed by atoms with E-state index < -0.39 is 11.5 Å². The number of aliphatic hydroxyl groups excluding tert-OH is 1. The summed E-state index contributed by atoms with van der Waals surface area (Å²) in [6, 6.07) is 1.39. The Morgan fingerprint density at radius 1 is 1.67 bits per heavy atom. The lowest BCUT2D eigenvalue weighted by atomic mass is 10.3. The van der Waals surface area contributed by atoms with Gasteiger partial charge in [0.2, 0.25) is 11.2 Å². The van der Waals surface area contributed by atoms with E-state index in [0.29, 0.717) is 0 Å². The van der Waals surface area contributed by atoms with Gasteiger partial charge in [0, 0.05) is 12.1 Å². The minimum Gasteiger partial charge on any atom is -0.474 e. The second-order valence-electron chi connectivity index (χ2n) is 4.28. The standard InChI is InChI=1S/C12H15NO5/c1-7(12(16)13-8-2-3-8)18-11-6-17-9(5-14)4-10(11)15/h4,6-8,14H,2-3,5H2,1H3,(H,13,16). The van der Waals surface area contributed by atoms with Crippen LogP contribution >= 0.6 is 0 Å². The zero-order chi connectivity index (χ0) is 13.1. The van der Waals surface area contributed by atoms with Crippen LogP contribution in [-0.2, 0) is 11.4 Å². The molecule has 1 fully saturated rings. The molecular formula is C12H15NO5. The minimum absolute atomic E-state index is 0.0364. The number of rotatable bonds is 5. The largest absolute Gasteiger partial charge is 0.474 e. The van der Waals surface area contributed by atoms with Crippen molar-refractivity contribution in [3.05, 3.63) is 28.3 Å². The Bertz CT molecular complexity index is 491. The summed E-state index contributed by atoms with van der Waals surface area (Å²) >= 11 is 0. The highest BCUT2D eigenvalue weighted by atomic mass is 16.5. The number of carbonyl (C=O) groups excluding carboxylic acids is 1. The van der Waals surface area contributed by atoms with Crippen LogP contribution in [0.5, 0.6) is 5.75 Å². The van der Waals surface area contributed by atoms with Gasteiger partial charge in [-0.3, -0.25) is 9.59 Å². The number of aliphatic hydroxyl groups is 1. The molecule has 1 aromatic rings. The number of amides is 1. The molecular weight excluding hydrogens is 238 g/mol. The normalized spacial score (nSPS) is 16.1. The fourth-order valence-electron chi connectivity index (χ4n) is 1.40. The van der Waals surface area contributed by atoms with Gasteiger partial charge in [-0.15, -0.1) is 0 Å². The van der Waals surface area contributed by atoms with E-state index in [-0.39, 0.29) is 30.1 Å². The third-order valence-corrected chi connectivity index (χ3v) is 2.60. The molecule has 18 heavy (non-hydrogen) atoms. The highest BCUT2D eigenvalue weighted by Crippen LogP contribution is 2.19. The molecule has 2 rings (SSSR count). The molecule has 98 valence electrons. The van der Waals surface area contributed by atoms with Crippen LogP contribution in [0.3, 0.4) is 0 Å². The van der Waals surface area contributed by atoms with Crippen LogP contribution in [0.25, 0.3) is 0 Å². The van der Waals surface area contributed by atoms with Crippen LogP contribution in [0, 0.1) is 0 Å². The van der Waals surface area contributed by atoms with Crippen molar-refractivity contribution in [3.63, 3.8) is 0 Å². The van der Waals surface area contributed by atoms with Gasteiger partial charge in [0.25, 0.3) is 5.91 Å². The van der Waals surface area contributed by atoms with Gasteiger partial charge in [-0.05, 0) is 19.8 Å². The van der Waals surface area contributed by atoms with E-state index in [1.165, 1.54) is 0 Å². The molecule has 1 aliphatic carbocycles. The second-order valence-corrected chi connectivity index (χ2v) is 4.28. The molecule has 0 saturated heterocycles. The molecule has 1 atom stereocenters. The fraction of sp³-hybridized carbons (Fsp3) is 0.500. The zero-order valence-electron chi connectivity index (χ0n) is 10.0. The van der Waals surface area contributed by atoms with Gasteiger partial charge >= 0.3 is 0 Å². The van der Waals surface area contributed by atoms with E-state index >= 15 is 0 Å². The summed E-state index contributed by atoms with van der Waals surface area (Å²) in [4.78, 5) is 23.2. The first kappa shape index (κ1) is 12.6. The molecule has 0 aliphatic heterocycles. The van der Waals surface area contributed by atoms with Gasteiger partial charge < -0.3 is 19.6 Å². The van der Waals surface area contributed by atoms with Crippen LogP contribution in [0.4, 0.5) is 0 Å². The maximum absolute atomic E-state index is 11.6. The third kappa shape index (κ3) is 3.10. The molecule has 1 amide bonds. The van der Waals surface area contributed by atoms with Gasteiger partial charge in [-0.25, -0.2) is 0 Å². The van der Waals surface area contributed by atoms with Gasteiger partial charge in [0.15, 0.2) is 6.10 Å². The van der Waals surface area contributed by atoms with Gasteiger partial charge in [-0.1, -0.05) is 0 Å². The van der Waals surface area contributed by atoms with Crippen molar-refractivity contribution in [2.75, 3.05) is 0 Å². The first-order valence-corrected chi connectivity index (χ1v) is 5.79. The highest BCUT2D eigenvalue weighted by molar-refractivity contribution is 5.81. The predicted molar refractivity (Wildman–Crippen MR) is 62.2 cm³/mol. The molecule has 6 nitrogen and oxygen atoms in total. The molecule has 0 spiro atoms. The lowest BCUT2D eigenvalue weighted by Gasteiger charge is -2.13. The SMILES string of the molecule is CC(Oc1coc(CO)cc1=O)C(=O)NC1CC1. The molecule has 6 heteroatoms. The summed E-state index contributed by atoms with van der Waals surface area (Å²) in [6.45, 7) is 1.21. The number of nitrogens with one attached hydrogen (secondary N) is 1. The number of hydrogen-bond acceptors (Lipinski definition) is 5. The van der Waals surface area contributed by atoms with Crippen LogP contribution in [0.2, 0.25) is 0 Å². The van der Waals surface area contributed by atoms with E-state index in [4.69, 9.17) is 14.3 Å². The van der Waals surface area contributed by atoms with Crippen molar-refractivity contribution >= 4 is 5.91 Å². The summed E-state index contributed by atoms with van der Waals surface area (Å²) in [5.74, 6) is -0.129. The lowest BCUT2D eigenvalue weighted by Crippen LogP contribution is -2.38. The molecule has 0 aromatic carbocycles. The van der Waals surface area contributed by atoms with Gasteiger partial charge in [-0.2, -0.15) is 0 Å². The molecule has 1 unspecified atom stereocenters. The van der Waals surface area contributed by atoms with E-state index in [1.807, 2.05) is 0 Å². The van der Waals surface area contributed by atoms with E-state index in [9.17, 15) is 9.59 Å². The molecule has 2 N–H and O–H groups in total. The van der Waals surface area contributed by atoms with Gasteiger partial charge in [0.05, 0.1) is 0 Å². The smallest absolute Gasteiger partial charge is 0.261 e. The first-order valence-electron chi connectivity index (χ1n) is 5.79. The molecule has 1 aliphatic rings. The summed E-state index contributed by atoms with van der Waals surface area (Å²) < 4.78 is 10.2. The van der Waals surface area contributed by atoms with Crippen molar-refractivity contribution in [2.45, 2.75) is 38.5 Å². The molecule has 0 bridgehead atoms. The van der Waals surface area contributed by atoms with E-state index in [2.05, 4.69) is 5.32 Å². The number of hydrogen-bond donors (Lipinski definition) is 2.